The Labute approximate surface area is 140 Å². The van der Waals surface area contributed by atoms with E-state index in [0.717, 1.165) is 28.2 Å². The number of aromatic amines is 1. The van der Waals surface area contributed by atoms with Crippen molar-refractivity contribution in [2.24, 2.45) is 11.5 Å². The van der Waals surface area contributed by atoms with Crippen molar-refractivity contribution in [3.8, 4) is 11.1 Å². The number of aromatic nitrogens is 2. The van der Waals surface area contributed by atoms with Gasteiger partial charge in [0.25, 0.3) is 0 Å². The summed E-state index contributed by atoms with van der Waals surface area (Å²) in [6, 6.07) is 8.14. The molecule has 8 nitrogen and oxygen atoms in total. The summed E-state index contributed by atoms with van der Waals surface area (Å²) in [5.41, 5.74) is 16.3. The van der Waals surface area contributed by atoms with Crippen molar-refractivity contribution in [1.29, 1.82) is 0 Å². The zero-order valence-electron chi connectivity index (χ0n) is 13.4. The molecule has 0 aliphatic carbocycles. The third-order valence-electron chi connectivity index (χ3n) is 4.38. The minimum atomic E-state index is -0.853. The van der Waals surface area contributed by atoms with Crippen LogP contribution in [0.15, 0.2) is 24.3 Å². The summed E-state index contributed by atoms with van der Waals surface area (Å²) in [4.78, 5) is 14.6. The zero-order chi connectivity index (χ0) is 17.1. The molecule has 0 atom stereocenters. The Balaban J connectivity index is 1.77. The van der Waals surface area contributed by atoms with Crippen molar-refractivity contribution in [2.45, 2.75) is 13.1 Å². The fourth-order valence-electron chi connectivity index (χ4n) is 3.05. The van der Waals surface area contributed by atoms with E-state index in [9.17, 15) is 4.79 Å². The summed E-state index contributed by atoms with van der Waals surface area (Å²) in [7, 11) is 0. The number of nitrogens with two attached hydrogens (primary N) is 2. The molecule has 1 aromatic heterocycles. The van der Waals surface area contributed by atoms with Gasteiger partial charge in [-0.15, -0.1) is 0 Å². The lowest BCUT2D eigenvalue weighted by Crippen LogP contribution is -2.48. The third-order valence-corrected chi connectivity index (χ3v) is 4.38. The number of carbonyl (C=O) groups is 1. The molecular formula is C16H22N6O2. The van der Waals surface area contributed by atoms with E-state index in [2.05, 4.69) is 15.1 Å². The van der Waals surface area contributed by atoms with E-state index >= 15 is 0 Å². The Kier molecular flexibility index (Phi) is 4.68. The molecule has 1 fully saturated rings. The van der Waals surface area contributed by atoms with E-state index in [0.29, 0.717) is 39.3 Å². The van der Waals surface area contributed by atoms with E-state index in [1.807, 2.05) is 24.3 Å². The smallest absolute Gasteiger partial charge is 0.407 e. The van der Waals surface area contributed by atoms with Gasteiger partial charge in [0.1, 0.15) is 0 Å². The SMILES string of the molecule is NCc1n[nH]c(CN)c1-c1ccc(N2CCN(C(=O)O)CC2)cc1. The number of carboxylic acid groups (broad SMARTS) is 1. The van der Waals surface area contributed by atoms with Crippen LogP contribution < -0.4 is 16.4 Å². The van der Waals surface area contributed by atoms with Crippen molar-refractivity contribution >= 4 is 11.8 Å². The first kappa shape index (κ1) is 16.3. The van der Waals surface area contributed by atoms with Gasteiger partial charge in [0.15, 0.2) is 0 Å². The number of hydrogen-bond donors (Lipinski definition) is 4. The van der Waals surface area contributed by atoms with E-state index in [4.69, 9.17) is 16.6 Å². The molecule has 0 radical (unpaired) electrons. The lowest BCUT2D eigenvalue weighted by atomic mass is 10.0. The normalized spacial score (nSPS) is 14.9. The van der Waals surface area contributed by atoms with Crippen molar-refractivity contribution in [3.63, 3.8) is 0 Å². The van der Waals surface area contributed by atoms with Crippen LogP contribution in [-0.4, -0.2) is 52.5 Å². The minimum absolute atomic E-state index is 0.352. The average molecular weight is 330 g/mol. The monoisotopic (exact) mass is 330 g/mol. The molecular weight excluding hydrogens is 308 g/mol. The van der Waals surface area contributed by atoms with E-state index in [1.54, 1.807) is 0 Å². The first-order valence-electron chi connectivity index (χ1n) is 7.93. The number of amides is 1. The topological polar surface area (TPSA) is 124 Å². The highest BCUT2D eigenvalue weighted by atomic mass is 16.4. The molecule has 8 heteroatoms. The first-order valence-corrected chi connectivity index (χ1v) is 7.93. The van der Waals surface area contributed by atoms with Gasteiger partial charge < -0.3 is 26.4 Å². The molecule has 128 valence electrons. The van der Waals surface area contributed by atoms with Crippen LogP contribution in [0.2, 0.25) is 0 Å². The Bertz CT molecular complexity index is 682. The van der Waals surface area contributed by atoms with Crippen LogP contribution in [0.3, 0.4) is 0 Å². The molecule has 0 bridgehead atoms. The van der Waals surface area contributed by atoms with Gasteiger partial charge in [-0.05, 0) is 17.7 Å². The Morgan fingerprint density at radius 1 is 1.12 bits per heavy atom. The van der Waals surface area contributed by atoms with Gasteiger partial charge in [-0.2, -0.15) is 5.10 Å². The van der Waals surface area contributed by atoms with Gasteiger partial charge in [-0.25, -0.2) is 4.79 Å². The second-order valence-corrected chi connectivity index (χ2v) is 5.74. The van der Waals surface area contributed by atoms with Crippen molar-refractivity contribution in [2.75, 3.05) is 31.1 Å². The number of piperazine rings is 1. The van der Waals surface area contributed by atoms with E-state index in [1.165, 1.54) is 4.90 Å². The molecule has 1 aliphatic heterocycles. The molecule has 2 heterocycles. The zero-order valence-corrected chi connectivity index (χ0v) is 13.4. The van der Waals surface area contributed by atoms with Crippen LogP contribution in [-0.2, 0) is 13.1 Å². The molecule has 0 saturated carbocycles. The first-order chi connectivity index (χ1) is 11.6. The Hall–Kier alpha value is -2.58. The number of nitrogens with zero attached hydrogens (tertiary/aromatic N) is 3. The predicted molar refractivity (Wildman–Crippen MR) is 91.6 cm³/mol. The van der Waals surface area contributed by atoms with E-state index < -0.39 is 6.09 Å². The van der Waals surface area contributed by atoms with Crippen LogP contribution in [0.1, 0.15) is 11.4 Å². The summed E-state index contributed by atoms with van der Waals surface area (Å²) in [5.74, 6) is 0. The van der Waals surface area contributed by atoms with E-state index in [-0.39, 0.29) is 0 Å². The molecule has 1 amide bonds. The van der Waals surface area contributed by atoms with Gasteiger partial charge in [-0.3, -0.25) is 5.10 Å². The predicted octanol–water partition coefficient (Wildman–Crippen LogP) is 0.794. The van der Waals surface area contributed by atoms with Crippen LogP contribution in [0.5, 0.6) is 0 Å². The summed E-state index contributed by atoms with van der Waals surface area (Å²) < 4.78 is 0. The second-order valence-electron chi connectivity index (χ2n) is 5.74. The molecule has 24 heavy (non-hydrogen) atoms. The molecule has 3 rings (SSSR count). The fourth-order valence-corrected chi connectivity index (χ4v) is 3.05. The average Bonchev–Trinajstić information content (AvgIpc) is 3.05. The highest BCUT2D eigenvalue weighted by Crippen LogP contribution is 2.28. The summed E-state index contributed by atoms with van der Waals surface area (Å²) in [6.07, 6.45) is -0.853. The molecule has 0 unspecified atom stereocenters. The highest BCUT2D eigenvalue weighted by molar-refractivity contribution is 5.71. The van der Waals surface area contributed by atoms with Gasteiger partial charge in [0.05, 0.1) is 11.4 Å². The van der Waals surface area contributed by atoms with Crippen molar-refractivity contribution in [1.82, 2.24) is 15.1 Å². The number of rotatable bonds is 4. The van der Waals surface area contributed by atoms with Crippen molar-refractivity contribution in [3.05, 3.63) is 35.7 Å². The minimum Gasteiger partial charge on any atom is -0.465 e. The largest absolute Gasteiger partial charge is 0.465 e. The van der Waals surface area contributed by atoms with Crippen LogP contribution in [0.25, 0.3) is 11.1 Å². The standard InChI is InChI=1S/C16H22N6O2/c17-9-13-15(14(10-18)20-19-13)11-1-3-12(4-2-11)21-5-7-22(8-6-21)16(23)24/h1-4H,5-10,17-18H2,(H,19,20)(H,23,24). The maximum Gasteiger partial charge on any atom is 0.407 e. The number of anilines is 1. The quantitative estimate of drug-likeness (QED) is 0.657. The second kappa shape index (κ2) is 6.90. The highest BCUT2D eigenvalue weighted by Gasteiger charge is 2.20. The fraction of sp³-hybridized carbons (Fsp3) is 0.375. The number of benzene rings is 1. The molecule has 2 aromatic rings. The van der Waals surface area contributed by atoms with Crippen LogP contribution in [0, 0.1) is 0 Å². The summed E-state index contributed by atoms with van der Waals surface area (Å²) in [5, 5.41) is 16.2. The maximum absolute atomic E-state index is 11.0. The van der Waals surface area contributed by atoms with Gasteiger partial charge >= 0.3 is 6.09 Å². The maximum atomic E-state index is 11.0. The number of H-pyrrole nitrogens is 1. The molecule has 1 aliphatic rings. The summed E-state index contributed by atoms with van der Waals surface area (Å²) in [6.45, 7) is 3.16. The van der Waals surface area contributed by atoms with Crippen LogP contribution in [0.4, 0.5) is 10.5 Å². The molecule has 1 aromatic carbocycles. The molecule has 6 N–H and O–H groups in total. The third kappa shape index (κ3) is 3.06. The van der Waals surface area contributed by atoms with Gasteiger partial charge in [0.2, 0.25) is 0 Å². The van der Waals surface area contributed by atoms with Crippen LogP contribution >= 0.6 is 0 Å². The van der Waals surface area contributed by atoms with Gasteiger partial charge in [0, 0.05) is 50.5 Å². The Morgan fingerprint density at radius 3 is 2.33 bits per heavy atom. The molecule has 0 spiro atoms. The lowest BCUT2D eigenvalue weighted by molar-refractivity contribution is 0.142. The summed E-state index contributed by atoms with van der Waals surface area (Å²) >= 11 is 0. The number of nitrogens with one attached hydrogen (secondary N) is 1. The molecule has 1 saturated heterocycles. The van der Waals surface area contributed by atoms with Gasteiger partial charge in [-0.1, -0.05) is 12.1 Å². The van der Waals surface area contributed by atoms with Crippen molar-refractivity contribution < 1.29 is 9.90 Å². The lowest BCUT2D eigenvalue weighted by Gasteiger charge is -2.34. The number of hydrogen-bond acceptors (Lipinski definition) is 5. The Morgan fingerprint density at radius 2 is 1.79 bits per heavy atom.